The molecule has 0 fully saturated rings. The molecule has 1 aromatic carbocycles. The number of rotatable bonds is 8. The Hall–Kier alpha value is -0.930. The van der Waals surface area contributed by atoms with Crippen LogP contribution in [0.1, 0.15) is 25.8 Å². The van der Waals surface area contributed by atoms with Crippen molar-refractivity contribution >= 4 is 0 Å². The second-order valence-electron chi connectivity index (χ2n) is 4.72. The molecule has 1 rings (SSSR count). The van der Waals surface area contributed by atoms with Gasteiger partial charge in [-0.05, 0) is 38.0 Å². The third-order valence-corrected chi connectivity index (χ3v) is 2.53. The van der Waals surface area contributed by atoms with Crippen LogP contribution in [0.3, 0.4) is 0 Å². The lowest BCUT2D eigenvalue weighted by molar-refractivity contribution is 0.526. The first-order valence-electron chi connectivity index (χ1n) is 6.35. The van der Waals surface area contributed by atoms with E-state index in [1.807, 2.05) is 12.1 Å². The summed E-state index contributed by atoms with van der Waals surface area (Å²) in [5.74, 6) is 0.569. The fourth-order valence-electron chi connectivity index (χ4n) is 1.59. The molecule has 0 aliphatic carbocycles. The highest BCUT2D eigenvalue weighted by Gasteiger charge is 1.99. The average Bonchev–Trinajstić information content (AvgIpc) is 2.30. The highest BCUT2D eigenvalue weighted by atomic mass is 19.1. The minimum Gasteiger partial charge on any atom is -0.316 e. The van der Waals surface area contributed by atoms with Crippen LogP contribution < -0.4 is 10.6 Å². The van der Waals surface area contributed by atoms with Gasteiger partial charge in [0.05, 0.1) is 0 Å². The Kier molecular flexibility index (Phi) is 6.82. The Labute approximate surface area is 104 Å². The fourth-order valence-corrected chi connectivity index (χ4v) is 1.59. The van der Waals surface area contributed by atoms with Crippen LogP contribution in [0.2, 0.25) is 0 Å². The van der Waals surface area contributed by atoms with Crippen LogP contribution in [0.5, 0.6) is 0 Å². The van der Waals surface area contributed by atoms with Crippen molar-refractivity contribution in [3.8, 4) is 0 Å². The molecule has 0 saturated carbocycles. The summed E-state index contributed by atoms with van der Waals surface area (Å²) in [5.41, 5.74) is 0.739. The van der Waals surface area contributed by atoms with Gasteiger partial charge in [-0.2, -0.15) is 0 Å². The standard InChI is InChI=1S/C14H23FN2/c1-12(2)10-16-8-5-9-17-11-13-6-3-4-7-14(13)15/h3-4,6-7,12,16-17H,5,8-11H2,1-2H3. The van der Waals surface area contributed by atoms with Gasteiger partial charge in [-0.25, -0.2) is 4.39 Å². The van der Waals surface area contributed by atoms with Crippen molar-refractivity contribution in [1.29, 1.82) is 0 Å². The van der Waals surface area contributed by atoms with Crippen LogP contribution in [0.25, 0.3) is 0 Å². The molecule has 0 aliphatic rings. The molecule has 96 valence electrons. The maximum atomic E-state index is 13.3. The van der Waals surface area contributed by atoms with E-state index >= 15 is 0 Å². The van der Waals surface area contributed by atoms with Crippen molar-refractivity contribution < 1.29 is 4.39 Å². The number of hydrogen-bond acceptors (Lipinski definition) is 2. The molecule has 3 heteroatoms. The number of nitrogens with one attached hydrogen (secondary N) is 2. The molecule has 2 N–H and O–H groups in total. The summed E-state index contributed by atoms with van der Waals surface area (Å²) in [6.45, 7) is 8.00. The molecule has 0 atom stereocenters. The molecule has 0 spiro atoms. The normalized spacial score (nSPS) is 11.1. The van der Waals surface area contributed by atoms with E-state index < -0.39 is 0 Å². The third kappa shape index (κ3) is 6.39. The van der Waals surface area contributed by atoms with E-state index in [0.29, 0.717) is 12.5 Å². The predicted octanol–water partition coefficient (Wildman–Crippen LogP) is 2.55. The zero-order valence-electron chi connectivity index (χ0n) is 10.8. The molecule has 1 aromatic rings. The maximum absolute atomic E-state index is 13.3. The Balaban J connectivity index is 2.03. The molecule has 0 heterocycles. The van der Waals surface area contributed by atoms with Gasteiger partial charge in [-0.3, -0.25) is 0 Å². The van der Waals surface area contributed by atoms with Crippen molar-refractivity contribution in [3.05, 3.63) is 35.6 Å². The van der Waals surface area contributed by atoms with Gasteiger partial charge in [0, 0.05) is 12.1 Å². The van der Waals surface area contributed by atoms with Crippen LogP contribution in [0, 0.1) is 11.7 Å². The molecule has 0 bridgehead atoms. The zero-order valence-corrected chi connectivity index (χ0v) is 10.8. The molecule has 0 radical (unpaired) electrons. The molecule has 0 aliphatic heterocycles. The largest absolute Gasteiger partial charge is 0.316 e. The Morgan fingerprint density at radius 3 is 2.53 bits per heavy atom. The minimum absolute atomic E-state index is 0.127. The highest BCUT2D eigenvalue weighted by Crippen LogP contribution is 2.05. The molecule has 17 heavy (non-hydrogen) atoms. The minimum atomic E-state index is -0.127. The van der Waals surface area contributed by atoms with E-state index in [1.54, 1.807) is 6.07 Å². The summed E-state index contributed by atoms with van der Waals surface area (Å²) in [6.07, 6.45) is 1.07. The van der Waals surface area contributed by atoms with Crippen LogP contribution in [0.4, 0.5) is 4.39 Å². The van der Waals surface area contributed by atoms with E-state index in [4.69, 9.17) is 0 Å². The second kappa shape index (κ2) is 8.20. The smallest absolute Gasteiger partial charge is 0.127 e. The van der Waals surface area contributed by atoms with Crippen molar-refractivity contribution in [2.75, 3.05) is 19.6 Å². The predicted molar refractivity (Wildman–Crippen MR) is 70.4 cm³/mol. The summed E-state index contributed by atoms with van der Waals surface area (Å²) in [5, 5.41) is 6.63. The summed E-state index contributed by atoms with van der Waals surface area (Å²) in [6, 6.07) is 6.90. The molecular formula is C14H23FN2. The van der Waals surface area contributed by atoms with Gasteiger partial charge < -0.3 is 10.6 Å². The van der Waals surface area contributed by atoms with Gasteiger partial charge in [0.15, 0.2) is 0 Å². The molecular weight excluding hydrogens is 215 g/mol. The first-order chi connectivity index (χ1) is 8.20. The third-order valence-electron chi connectivity index (χ3n) is 2.53. The Morgan fingerprint density at radius 2 is 1.82 bits per heavy atom. The lowest BCUT2D eigenvalue weighted by atomic mass is 10.2. The molecule has 2 nitrogen and oxygen atoms in total. The van der Waals surface area contributed by atoms with Crippen LogP contribution in [0.15, 0.2) is 24.3 Å². The Bertz CT molecular complexity index is 313. The summed E-state index contributed by atoms with van der Waals surface area (Å²) in [4.78, 5) is 0. The fraction of sp³-hybridized carbons (Fsp3) is 0.571. The van der Waals surface area contributed by atoms with E-state index in [2.05, 4.69) is 24.5 Å². The molecule has 0 saturated heterocycles. The van der Waals surface area contributed by atoms with Crippen molar-refractivity contribution in [2.24, 2.45) is 5.92 Å². The summed E-state index contributed by atoms with van der Waals surface area (Å²) >= 11 is 0. The SMILES string of the molecule is CC(C)CNCCCNCc1ccccc1F. The molecule has 0 unspecified atom stereocenters. The summed E-state index contributed by atoms with van der Waals surface area (Å²) in [7, 11) is 0. The second-order valence-corrected chi connectivity index (χ2v) is 4.72. The first-order valence-corrected chi connectivity index (χ1v) is 6.35. The van der Waals surface area contributed by atoms with E-state index in [9.17, 15) is 4.39 Å². The molecule has 0 amide bonds. The van der Waals surface area contributed by atoms with Gasteiger partial charge in [0.25, 0.3) is 0 Å². The maximum Gasteiger partial charge on any atom is 0.127 e. The van der Waals surface area contributed by atoms with Crippen LogP contribution in [-0.2, 0) is 6.54 Å². The van der Waals surface area contributed by atoms with Gasteiger partial charge in [-0.15, -0.1) is 0 Å². The lowest BCUT2D eigenvalue weighted by Gasteiger charge is -2.08. The number of hydrogen-bond donors (Lipinski definition) is 2. The zero-order chi connectivity index (χ0) is 12.5. The van der Waals surface area contributed by atoms with E-state index in [1.165, 1.54) is 6.07 Å². The van der Waals surface area contributed by atoms with Crippen LogP contribution >= 0.6 is 0 Å². The lowest BCUT2D eigenvalue weighted by Crippen LogP contribution is -2.24. The van der Waals surface area contributed by atoms with Gasteiger partial charge in [0.1, 0.15) is 5.82 Å². The molecule has 0 aromatic heterocycles. The van der Waals surface area contributed by atoms with E-state index in [-0.39, 0.29) is 5.82 Å². The first kappa shape index (κ1) is 14.1. The van der Waals surface area contributed by atoms with Crippen LogP contribution in [-0.4, -0.2) is 19.6 Å². The number of benzene rings is 1. The highest BCUT2D eigenvalue weighted by molar-refractivity contribution is 5.16. The van der Waals surface area contributed by atoms with Gasteiger partial charge in [0.2, 0.25) is 0 Å². The Morgan fingerprint density at radius 1 is 1.12 bits per heavy atom. The van der Waals surface area contributed by atoms with Crippen molar-refractivity contribution in [1.82, 2.24) is 10.6 Å². The average molecular weight is 238 g/mol. The summed E-state index contributed by atoms with van der Waals surface area (Å²) < 4.78 is 13.3. The topological polar surface area (TPSA) is 24.1 Å². The van der Waals surface area contributed by atoms with Gasteiger partial charge >= 0.3 is 0 Å². The van der Waals surface area contributed by atoms with Gasteiger partial charge in [-0.1, -0.05) is 32.0 Å². The van der Waals surface area contributed by atoms with Crippen molar-refractivity contribution in [2.45, 2.75) is 26.8 Å². The van der Waals surface area contributed by atoms with Crippen molar-refractivity contribution in [3.63, 3.8) is 0 Å². The monoisotopic (exact) mass is 238 g/mol. The van der Waals surface area contributed by atoms with E-state index in [0.717, 1.165) is 31.6 Å². The number of halogens is 1. The quantitative estimate of drug-likeness (QED) is 0.680.